The molecule has 0 unspecified atom stereocenters. The molecule has 0 radical (unpaired) electrons. The Bertz CT molecular complexity index is 1090. The van der Waals surface area contributed by atoms with Crippen molar-refractivity contribution >= 4 is 34.6 Å². The lowest BCUT2D eigenvalue weighted by atomic mass is 10.1. The van der Waals surface area contributed by atoms with Crippen molar-refractivity contribution < 1.29 is 9.59 Å². The molecule has 3 amide bonds. The largest absolute Gasteiger partial charge is 0.333 e. The van der Waals surface area contributed by atoms with Crippen LogP contribution in [-0.2, 0) is 11.3 Å². The van der Waals surface area contributed by atoms with Crippen LogP contribution in [0.5, 0.6) is 0 Å². The quantitative estimate of drug-likeness (QED) is 0.586. The van der Waals surface area contributed by atoms with Crippen LogP contribution in [0.2, 0.25) is 0 Å². The maximum atomic E-state index is 12.7. The van der Waals surface area contributed by atoms with Gasteiger partial charge in [0.05, 0.1) is 11.8 Å². The van der Waals surface area contributed by atoms with Gasteiger partial charge in [-0.05, 0) is 24.3 Å². The van der Waals surface area contributed by atoms with Gasteiger partial charge in [0.2, 0.25) is 0 Å². The Labute approximate surface area is 149 Å². The Balaban J connectivity index is 1.76. The normalized spacial score (nSPS) is 15.5. The van der Waals surface area contributed by atoms with E-state index in [1.54, 1.807) is 30.3 Å². The second-order valence-electron chi connectivity index (χ2n) is 5.85. The summed E-state index contributed by atoms with van der Waals surface area (Å²) in [6, 6.07) is 18.1. The van der Waals surface area contributed by atoms with Gasteiger partial charge >= 0.3 is 6.03 Å². The maximum absolute atomic E-state index is 12.7. The van der Waals surface area contributed by atoms with E-state index >= 15 is 0 Å². The number of anilines is 1. The summed E-state index contributed by atoms with van der Waals surface area (Å²) >= 11 is 0. The topological polar surface area (TPSA) is 78.1 Å². The molecule has 1 aliphatic heterocycles. The van der Waals surface area contributed by atoms with Crippen LogP contribution >= 0.6 is 0 Å². The van der Waals surface area contributed by atoms with E-state index in [0.29, 0.717) is 5.69 Å². The number of carbonyl (C=O) groups excluding carboxylic acids is 2. The molecule has 0 spiro atoms. The predicted molar refractivity (Wildman–Crippen MR) is 98.0 cm³/mol. The minimum atomic E-state index is -0.479. The molecule has 6 nitrogen and oxygen atoms in total. The summed E-state index contributed by atoms with van der Waals surface area (Å²) in [5, 5.41) is 12.5. The zero-order chi connectivity index (χ0) is 18.1. The molecular formula is C20H14N4O2. The number of amides is 3. The van der Waals surface area contributed by atoms with Crippen LogP contribution in [-0.4, -0.2) is 16.5 Å². The van der Waals surface area contributed by atoms with Crippen molar-refractivity contribution in [1.29, 1.82) is 5.26 Å². The first-order valence-corrected chi connectivity index (χ1v) is 8.06. The van der Waals surface area contributed by atoms with Crippen molar-refractivity contribution in [3.8, 4) is 6.07 Å². The van der Waals surface area contributed by atoms with Crippen LogP contribution < -0.4 is 10.2 Å². The lowest BCUT2D eigenvalue weighted by Crippen LogP contribution is -2.30. The molecule has 2 aromatic carbocycles. The molecule has 1 aliphatic rings. The fourth-order valence-electron chi connectivity index (χ4n) is 3.10. The number of aromatic nitrogens is 1. The summed E-state index contributed by atoms with van der Waals surface area (Å²) < 4.78 is 1.82. The number of hydrogen-bond acceptors (Lipinski definition) is 3. The Kier molecular flexibility index (Phi) is 3.75. The van der Waals surface area contributed by atoms with Gasteiger partial charge in [-0.1, -0.05) is 36.4 Å². The van der Waals surface area contributed by atoms with E-state index < -0.39 is 11.9 Å². The average Bonchev–Trinajstić information content (AvgIpc) is 3.14. The van der Waals surface area contributed by atoms with Gasteiger partial charge in [0, 0.05) is 22.7 Å². The van der Waals surface area contributed by atoms with Crippen molar-refractivity contribution in [2.24, 2.45) is 0 Å². The van der Waals surface area contributed by atoms with Crippen molar-refractivity contribution in [3.63, 3.8) is 0 Å². The number of urea groups is 1. The molecule has 26 heavy (non-hydrogen) atoms. The summed E-state index contributed by atoms with van der Waals surface area (Å²) in [6.45, 7) is 0.208. The van der Waals surface area contributed by atoms with Crippen LogP contribution in [0.1, 0.15) is 5.56 Å². The molecule has 126 valence electrons. The van der Waals surface area contributed by atoms with Crippen LogP contribution in [0.15, 0.2) is 66.5 Å². The third-order valence-electron chi connectivity index (χ3n) is 4.25. The molecule has 4 rings (SSSR count). The van der Waals surface area contributed by atoms with Crippen LogP contribution in [0.3, 0.4) is 0 Å². The third-order valence-corrected chi connectivity index (χ3v) is 4.25. The predicted octanol–water partition coefficient (Wildman–Crippen LogP) is 3.26. The van der Waals surface area contributed by atoms with Crippen LogP contribution in [0.4, 0.5) is 10.5 Å². The lowest BCUT2D eigenvalue weighted by molar-refractivity contribution is -0.113. The first-order chi connectivity index (χ1) is 12.7. The number of para-hydroxylation sites is 2. The second kappa shape index (κ2) is 6.22. The number of benzene rings is 2. The number of nitrogens with zero attached hydrogens (tertiary/aromatic N) is 3. The van der Waals surface area contributed by atoms with Crippen LogP contribution in [0, 0.1) is 11.3 Å². The Morgan fingerprint density at radius 3 is 2.54 bits per heavy atom. The van der Waals surface area contributed by atoms with Gasteiger partial charge in [-0.2, -0.15) is 5.26 Å². The molecule has 1 fully saturated rings. The van der Waals surface area contributed by atoms with Crippen molar-refractivity contribution in [2.75, 3.05) is 4.90 Å². The molecular weight excluding hydrogens is 328 g/mol. The molecule has 1 saturated heterocycles. The van der Waals surface area contributed by atoms with Gasteiger partial charge in [0.1, 0.15) is 12.2 Å². The molecule has 3 aromatic rings. The van der Waals surface area contributed by atoms with Gasteiger partial charge in [-0.3, -0.25) is 4.79 Å². The van der Waals surface area contributed by atoms with Gasteiger partial charge < -0.3 is 9.88 Å². The lowest BCUT2D eigenvalue weighted by Gasteiger charge is -2.10. The van der Waals surface area contributed by atoms with E-state index in [0.717, 1.165) is 21.4 Å². The minimum absolute atomic E-state index is 0.207. The van der Waals surface area contributed by atoms with Crippen molar-refractivity contribution in [2.45, 2.75) is 6.54 Å². The van der Waals surface area contributed by atoms with Crippen molar-refractivity contribution in [3.05, 3.63) is 72.1 Å². The highest BCUT2D eigenvalue weighted by atomic mass is 16.2. The third kappa shape index (κ3) is 2.52. The number of carbonyl (C=O) groups is 2. The zero-order valence-electron chi connectivity index (χ0n) is 13.7. The van der Waals surface area contributed by atoms with Gasteiger partial charge in [-0.25, -0.2) is 9.69 Å². The fourth-order valence-corrected chi connectivity index (χ4v) is 3.10. The highest BCUT2D eigenvalue weighted by Crippen LogP contribution is 2.26. The molecule has 0 aliphatic carbocycles. The Hall–Kier alpha value is -3.85. The van der Waals surface area contributed by atoms with E-state index in [2.05, 4.69) is 11.4 Å². The molecule has 0 atom stereocenters. The minimum Gasteiger partial charge on any atom is -0.333 e. The molecule has 0 saturated carbocycles. The molecule has 2 heterocycles. The molecule has 0 bridgehead atoms. The van der Waals surface area contributed by atoms with E-state index in [4.69, 9.17) is 5.26 Å². The molecule has 1 N–H and O–H groups in total. The van der Waals surface area contributed by atoms with E-state index in [1.165, 1.54) is 0 Å². The smallest absolute Gasteiger partial charge is 0.333 e. The van der Waals surface area contributed by atoms with Gasteiger partial charge in [0.15, 0.2) is 0 Å². The monoisotopic (exact) mass is 342 g/mol. The van der Waals surface area contributed by atoms with Crippen LogP contribution in [0.25, 0.3) is 17.0 Å². The Morgan fingerprint density at radius 1 is 1.04 bits per heavy atom. The number of nitrogens with one attached hydrogen (secondary N) is 1. The van der Waals surface area contributed by atoms with Gasteiger partial charge in [0.25, 0.3) is 5.91 Å². The summed E-state index contributed by atoms with van der Waals surface area (Å²) in [5.74, 6) is -0.404. The average molecular weight is 342 g/mol. The summed E-state index contributed by atoms with van der Waals surface area (Å²) in [6.07, 6.45) is 3.46. The van der Waals surface area contributed by atoms with Crippen molar-refractivity contribution in [1.82, 2.24) is 9.88 Å². The van der Waals surface area contributed by atoms with Gasteiger partial charge in [-0.15, -0.1) is 0 Å². The summed E-state index contributed by atoms with van der Waals surface area (Å²) in [4.78, 5) is 26.1. The highest BCUT2D eigenvalue weighted by molar-refractivity contribution is 6.28. The zero-order valence-corrected chi connectivity index (χ0v) is 13.7. The van der Waals surface area contributed by atoms with E-state index in [9.17, 15) is 9.59 Å². The summed E-state index contributed by atoms with van der Waals surface area (Å²) in [7, 11) is 0. The maximum Gasteiger partial charge on any atom is 0.333 e. The summed E-state index contributed by atoms with van der Waals surface area (Å²) in [5.41, 5.74) is 2.40. The fraction of sp³-hybridized carbons (Fsp3) is 0.0500. The second-order valence-corrected chi connectivity index (χ2v) is 5.85. The number of imide groups is 1. The SMILES string of the molecule is N#CCn1cc(/C=C2/NC(=O)N(c3ccccc3)C2=O)c2ccccc21. The standard InChI is InChI=1S/C20H14N4O2/c21-10-11-23-13-14(16-8-4-5-9-18(16)23)12-17-19(25)24(20(26)22-17)15-6-2-1-3-7-15/h1-9,12-13H,11H2,(H,22,26)/b17-12+. The number of fused-ring (bicyclic) bond motifs is 1. The van der Waals surface area contributed by atoms with E-state index in [-0.39, 0.29) is 12.2 Å². The first-order valence-electron chi connectivity index (χ1n) is 8.06. The number of hydrogen-bond donors (Lipinski definition) is 1. The Morgan fingerprint density at radius 2 is 1.77 bits per heavy atom. The van der Waals surface area contributed by atoms with E-state index in [1.807, 2.05) is 41.1 Å². The highest BCUT2D eigenvalue weighted by Gasteiger charge is 2.34. The molecule has 6 heteroatoms. The number of rotatable bonds is 3. The first kappa shape index (κ1) is 15.7. The molecule has 1 aromatic heterocycles. The number of nitriles is 1.